The minimum atomic E-state index is -0.378. The number of carbonyl (C=O) groups excluding carboxylic acids is 1. The molecule has 5 nitrogen and oxygen atoms in total. The van der Waals surface area contributed by atoms with E-state index in [0.717, 1.165) is 11.1 Å². The number of hydrogen-bond donors (Lipinski definition) is 1. The van der Waals surface area contributed by atoms with Gasteiger partial charge in [0.15, 0.2) is 0 Å². The highest BCUT2D eigenvalue weighted by Gasteiger charge is 2.17. The van der Waals surface area contributed by atoms with Crippen molar-refractivity contribution in [3.63, 3.8) is 0 Å². The van der Waals surface area contributed by atoms with Crippen molar-refractivity contribution < 1.29 is 14.3 Å². The van der Waals surface area contributed by atoms with E-state index in [9.17, 15) is 4.79 Å². The first-order chi connectivity index (χ1) is 10.5. The molecule has 0 N–H and O–H groups in total. The third kappa shape index (κ3) is 3.92. The van der Waals surface area contributed by atoms with Crippen molar-refractivity contribution in [2.75, 3.05) is 0 Å². The standard InChI is InChI=1S/C16H18N2O3S/c1-4-12-6-5-7-13(16(19)21-11(2)3)14(12)10-20-15-8-9-18(22)17-15/h4-9,11,22H,1,10H2,2-3H3. The van der Waals surface area contributed by atoms with Gasteiger partial charge in [-0.05, 0) is 38.3 Å². The summed E-state index contributed by atoms with van der Waals surface area (Å²) in [6.07, 6.45) is 3.15. The van der Waals surface area contributed by atoms with Crippen LogP contribution in [-0.4, -0.2) is 21.3 Å². The van der Waals surface area contributed by atoms with Crippen molar-refractivity contribution in [2.24, 2.45) is 0 Å². The average molecular weight is 318 g/mol. The van der Waals surface area contributed by atoms with Crippen molar-refractivity contribution in [3.05, 3.63) is 53.7 Å². The minimum absolute atomic E-state index is 0.187. The van der Waals surface area contributed by atoms with E-state index in [1.165, 1.54) is 4.09 Å². The molecule has 2 aromatic rings. The van der Waals surface area contributed by atoms with Gasteiger partial charge >= 0.3 is 5.97 Å². The molecule has 1 aromatic heterocycles. The fraction of sp³-hybridized carbons (Fsp3) is 0.250. The minimum Gasteiger partial charge on any atom is -0.472 e. The maximum absolute atomic E-state index is 12.2. The molecule has 22 heavy (non-hydrogen) atoms. The van der Waals surface area contributed by atoms with Gasteiger partial charge in [-0.2, -0.15) is 0 Å². The van der Waals surface area contributed by atoms with E-state index in [1.54, 1.807) is 30.5 Å². The predicted molar refractivity (Wildman–Crippen MR) is 88.0 cm³/mol. The third-order valence-corrected chi connectivity index (χ3v) is 3.13. The summed E-state index contributed by atoms with van der Waals surface area (Å²) in [6.45, 7) is 7.58. The number of rotatable bonds is 6. The van der Waals surface area contributed by atoms with Crippen LogP contribution in [0.15, 0.2) is 37.0 Å². The SMILES string of the molecule is C=Cc1cccc(C(=O)OC(C)C)c1COc1ccn(S)n1. The first-order valence-corrected chi connectivity index (χ1v) is 7.24. The Kier molecular flexibility index (Phi) is 5.27. The van der Waals surface area contributed by atoms with Gasteiger partial charge < -0.3 is 9.47 Å². The molecule has 116 valence electrons. The highest BCUT2D eigenvalue weighted by Crippen LogP contribution is 2.20. The Labute approximate surface area is 135 Å². The second-order valence-electron chi connectivity index (χ2n) is 4.89. The van der Waals surface area contributed by atoms with Crippen molar-refractivity contribution in [2.45, 2.75) is 26.6 Å². The Balaban J connectivity index is 2.26. The number of aromatic nitrogens is 2. The first kappa shape index (κ1) is 16.2. The van der Waals surface area contributed by atoms with E-state index < -0.39 is 0 Å². The summed E-state index contributed by atoms with van der Waals surface area (Å²) in [7, 11) is 0. The van der Waals surface area contributed by atoms with E-state index in [1.807, 2.05) is 19.9 Å². The summed E-state index contributed by atoms with van der Waals surface area (Å²) in [5.74, 6) is 0.0501. The van der Waals surface area contributed by atoms with Gasteiger partial charge in [0.25, 0.3) is 0 Å². The summed E-state index contributed by atoms with van der Waals surface area (Å²) >= 11 is 4.05. The molecule has 0 fully saturated rings. The van der Waals surface area contributed by atoms with Crippen molar-refractivity contribution in [1.82, 2.24) is 9.19 Å². The zero-order chi connectivity index (χ0) is 16.1. The molecule has 0 radical (unpaired) electrons. The van der Waals surface area contributed by atoms with Gasteiger partial charge in [0.2, 0.25) is 5.88 Å². The largest absolute Gasteiger partial charge is 0.472 e. The van der Waals surface area contributed by atoms with Crippen LogP contribution in [0.4, 0.5) is 0 Å². The molecular weight excluding hydrogens is 300 g/mol. The zero-order valence-corrected chi connectivity index (χ0v) is 13.4. The molecule has 0 atom stereocenters. The summed E-state index contributed by atoms with van der Waals surface area (Å²) in [4.78, 5) is 12.2. The Bertz CT molecular complexity index is 680. The Morgan fingerprint density at radius 3 is 2.82 bits per heavy atom. The molecule has 0 aliphatic heterocycles. The van der Waals surface area contributed by atoms with E-state index in [2.05, 4.69) is 24.5 Å². The summed E-state index contributed by atoms with van der Waals surface area (Å²) in [5, 5.41) is 4.02. The van der Waals surface area contributed by atoms with Gasteiger partial charge in [0, 0.05) is 17.8 Å². The lowest BCUT2D eigenvalue weighted by Crippen LogP contribution is -2.15. The average Bonchev–Trinajstić information content (AvgIpc) is 2.89. The second-order valence-corrected chi connectivity index (χ2v) is 5.30. The number of carbonyl (C=O) groups is 1. The Morgan fingerprint density at radius 2 is 2.23 bits per heavy atom. The van der Waals surface area contributed by atoms with Gasteiger partial charge in [-0.3, -0.25) is 0 Å². The number of ether oxygens (including phenoxy) is 2. The van der Waals surface area contributed by atoms with Crippen LogP contribution in [0.3, 0.4) is 0 Å². The number of nitrogens with zero attached hydrogens (tertiary/aromatic N) is 2. The summed E-state index contributed by atoms with van der Waals surface area (Å²) in [5.41, 5.74) is 2.01. The number of esters is 1. The fourth-order valence-electron chi connectivity index (χ4n) is 1.95. The maximum atomic E-state index is 12.2. The summed E-state index contributed by atoms with van der Waals surface area (Å²) in [6, 6.07) is 7.07. The maximum Gasteiger partial charge on any atom is 0.338 e. The van der Waals surface area contributed by atoms with E-state index in [0.29, 0.717) is 11.4 Å². The molecular formula is C16H18N2O3S. The Hall–Kier alpha value is -2.21. The van der Waals surface area contributed by atoms with E-state index in [4.69, 9.17) is 9.47 Å². The second kappa shape index (κ2) is 7.17. The van der Waals surface area contributed by atoms with E-state index >= 15 is 0 Å². The number of benzene rings is 1. The first-order valence-electron chi connectivity index (χ1n) is 6.84. The van der Waals surface area contributed by atoms with Crippen LogP contribution in [0.1, 0.15) is 35.3 Å². The fourth-order valence-corrected chi connectivity index (χ4v) is 2.10. The monoisotopic (exact) mass is 318 g/mol. The van der Waals surface area contributed by atoms with Crippen molar-refractivity contribution in [3.8, 4) is 5.88 Å². The van der Waals surface area contributed by atoms with Crippen LogP contribution < -0.4 is 4.74 Å². The highest BCUT2D eigenvalue weighted by molar-refractivity contribution is 7.78. The van der Waals surface area contributed by atoms with Gasteiger partial charge in [-0.15, -0.1) is 5.10 Å². The van der Waals surface area contributed by atoms with Crippen molar-refractivity contribution in [1.29, 1.82) is 0 Å². The molecule has 6 heteroatoms. The molecule has 0 saturated heterocycles. The van der Waals surface area contributed by atoms with Gasteiger partial charge in [0.05, 0.1) is 11.7 Å². The van der Waals surface area contributed by atoms with Crippen LogP contribution in [0.5, 0.6) is 5.88 Å². The predicted octanol–water partition coefficient (Wildman–Crippen LogP) is 3.36. The summed E-state index contributed by atoms with van der Waals surface area (Å²) < 4.78 is 12.2. The van der Waals surface area contributed by atoms with Crippen molar-refractivity contribution >= 4 is 24.9 Å². The number of hydrogen-bond acceptors (Lipinski definition) is 5. The van der Waals surface area contributed by atoms with E-state index in [-0.39, 0.29) is 18.7 Å². The van der Waals surface area contributed by atoms with Crippen LogP contribution in [0.2, 0.25) is 0 Å². The molecule has 0 aliphatic rings. The quantitative estimate of drug-likeness (QED) is 0.655. The molecule has 0 spiro atoms. The lowest BCUT2D eigenvalue weighted by Gasteiger charge is -2.14. The normalized spacial score (nSPS) is 10.5. The molecule has 0 aliphatic carbocycles. The highest BCUT2D eigenvalue weighted by atomic mass is 32.1. The van der Waals surface area contributed by atoms with Crippen LogP contribution in [0, 0.1) is 0 Å². The lowest BCUT2D eigenvalue weighted by atomic mass is 10.0. The van der Waals surface area contributed by atoms with Gasteiger partial charge in [-0.25, -0.2) is 8.88 Å². The molecule has 2 rings (SSSR count). The molecule has 0 saturated carbocycles. The van der Waals surface area contributed by atoms with Crippen LogP contribution in [0.25, 0.3) is 6.08 Å². The molecule has 1 aromatic carbocycles. The molecule has 0 amide bonds. The van der Waals surface area contributed by atoms with Crippen LogP contribution >= 0.6 is 12.8 Å². The lowest BCUT2D eigenvalue weighted by molar-refractivity contribution is 0.0375. The van der Waals surface area contributed by atoms with Gasteiger partial charge in [0.1, 0.15) is 6.61 Å². The third-order valence-electron chi connectivity index (χ3n) is 2.91. The topological polar surface area (TPSA) is 53.4 Å². The Morgan fingerprint density at radius 1 is 1.45 bits per heavy atom. The number of thiol groups is 1. The zero-order valence-electron chi connectivity index (χ0n) is 12.5. The smallest absolute Gasteiger partial charge is 0.338 e. The molecule has 0 unspecified atom stereocenters. The van der Waals surface area contributed by atoms with Gasteiger partial charge in [-0.1, -0.05) is 24.8 Å². The van der Waals surface area contributed by atoms with Crippen LogP contribution in [-0.2, 0) is 11.3 Å². The molecule has 1 heterocycles. The molecule has 0 bridgehead atoms.